The van der Waals surface area contributed by atoms with Crippen molar-refractivity contribution in [1.82, 2.24) is 15.5 Å². The van der Waals surface area contributed by atoms with E-state index in [-0.39, 0.29) is 42.4 Å². The standard InChI is InChI=1S/C12H13FN4O2.ClH/c1-7(18)15-6-10(14)12-16-11(17-19-12)8-3-2-4-9(13)5-8;/h2-5,10H,6,14H2,1H3,(H,15,18);1H/t10-;/m1./s1. The van der Waals surface area contributed by atoms with Gasteiger partial charge in [-0.3, -0.25) is 4.79 Å². The number of nitrogens with zero attached hydrogens (tertiary/aromatic N) is 2. The van der Waals surface area contributed by atoms with Crippen LogP contribution in [0.2, 0.25) is 0 Å². The molecule has 2 aromatic rings. The largest absolute Gasteiger partial charge is 0.354 e. The third kappa shape index (κ3) is 4.01. The quantitative estimate of drug-likeness (QED) is 0.891. The molecule has 0 aliphatic carbocycles. The van der Waals surface area contributed by atoms with Crippen LogP contribution < -0.4 is 11.1 Å². The van der Waals surface area contributed by atoms with E-state index in [0.717, 1.165) is 0 Å². The maximum Gasteiger partial charge on any atom is 0.245 e. The van der Waals surface area contributed by atoms with Crippen molar-refractivity contribution in [1.29, 1.82) is 0 Å². The van der Waals surface area contributed by atoms with Gasteiger partial charge in [-0.15, -0.1) is 12.4 Å². The van der Waals surface area contributed by atoms with E-state index in [1.165, 1.54) is 19.1 Å². The maximum absolute atomic E-state index is 13.1. The van der Waals surface area contributed by atoms with Gasteiger partial charge < -0.3 is 15.6 Å². The van der Waals surface area contributed by atoms with Crippen LogP contribution in [0.4, 0.5) is 4.39 Å². The number of halogens is 2. The molecule has 0 fully saturated rings. The van der Waals surface area contributed by atoms with E-state index >= 15 is 0 Å². The molecule has 0 unspecified atom stereocenters. The molecule has 20 heavy (non-hydrogen) atoms. The van der Waals surface area contributed by atoms with Gasteiger partial charge in [-0.05, 0) is 12.1 Å². The fourth-order valence-electron chi connectivity index (χ4n) is 1.47. The summed E-state index contributed by atoms with van der Waals surface area (Å²) in [6.07, 6.45) is 0. The molecule has 0 aliphatic rings. The number of nitrogens with two attached hydrogens (primary N) is 1. The molecule has 0 bridgehead atoms. The van der Waals surface area contributed by atoms with Crippen LogP contribution in [0.15, 0.2) is 28.8 Å². The number of hydrogen-bond acceptors (Lipinski definition) is 5. The highest BCUT2D eigenvalue weighted by Crippen LogP contribution is 2.18. The summed E-state index contributed by atoms with van der Waals surface area (Å²) in [4.78, 5) is 14.8. The Balaban J connectivity index is 0.00000200. The maximum atomic E-state index is 13.1. The van der Waals surface area contributed by atoms with E-state index < -0.39 is 6.04 Å². The first kappa shape index (κ1) is 16.1. The smallest absolute Gasteiger partial charge is 0.245 e. The fourth-order valence-corrected chi connectivity index (χ4v) is 1.47. The normalized spacial score (nSPS) is 11.6. The lowest BCUT2D eigenvalue weighted by atomic mass is 10.2. The van der Waals surface area contributed by atoms with Gasteiger partial charge in [0.1, 0.15) is 11.9 Å². The predicted molar refractivity (Wildman–Crippen MR) is 72.6 cm³/mol. The van der Waals surface area contributed by atoms with E-state index in [2.05, 4.69) is 15.5 Å². The molecule has 0 aliphatic heterocycles. The van der Waals surface area contributed by atoms with Crippen molar-refractivity contribution in [2.45, 2.75) is 13.0 Å². The molecule has 1 heterocycles. The summed E-state index contributed by atoms with van der Waals surface area (Å²) in [5, 5.41) is 6.28. The van der Waals surface area contributed by atoms with Gasteiger partial charge in [-0.2, -0.15) is 4.98 Å². The molecule has 0 radical (unpaired) electrons. The third-order valence-electron chi connectivity index (χ3n) is 2.41. The van der Waals surface area contributed by atoms with Gasteiger partial charge >= 0.3 is 0 Å². The highest BCUT2D eigenvalue weighted by atomic mass is 35.5. The van der Waals surface area contributed by atoms with E-state index in [4.69, 9.17) is 10.3 Å². The van der Waals surface area contributed by atoms with Gasteiger partial charge in [0.25, 0.3) is 0 Å². The first-order valence-electron chi connectivity index (χ1n) is 5.66. The topological polar surface area (TPSA) is 94.0 Å². The summed E-state index contributed by atoms with van der Waals surface area (Å²) in [5.41, 5.74) is 6.28. The average Bonchev–Trinajstić information content (AvgIpc) is 2.85. The van der Waals surface area contributed by atoms with Crippen LogP contribution in [0.3, 0.4) is 0 Å². The van der Waals surface area contributed by atoms with Crippen LogP contribution in [0.1, 0.15) is 18.9 Å². The fraction of sp³-hybridized carbons (Fsp3) is 0.250. The van der Waals surface area contributed by atoms with Crippen molar-refractivity contribution in [3.05, 3.63) is 36.0 Å². The zero-order valence-electron chi connectivity index (χ0n) is 10.7. The Hall–Kier alpha value is -1.99. The monoisotopic (exact) mass is 300 g/mol. The molecule has 3 N–H and O–H groups in total. The van der Waals surface area contributed by atoms with Crippen LogP contribution in [0, 0.1) is 5.82 Å². The summed E-state index contributed by atoms with van der Waals surface area (Å²) in [6, 6.07) is 5.24. The minimum Gasteiger partial charge on any atom is -0.354 e. The third-order valence-corrected chi connectivity index (χ3v) is 2.41. The van der Waals surface area contributed by atoms with Crippen LogP contribution in [-0.4, -0.2) is 22.6 Å². The number of rotatable bonds is 4. The second kappa shape index (κ2) is 6.97. The molecule has 1 aromatic carbocycles. The van der Waals surface area contributed by atoms with Crippen molar-refractivity contribution in [2.24, 2.45) is 5.73 Å². The van der Waals surface area contributed by atoms with Crippen LogP contribution in [0.5, 0.6) is 0 Å². The molecule has 0 saturated carbocycles. The van der Waals surface area contributed by atoms with E-state index in [1.54, 1.807) is 12.1 Å². The van der Waals surface area contributed by atoms with E-state index in [1.807, 2.05) is 0 Å². The molecule has 2 rings (SSSR count). The van der Waals surface area contributed by atoms with Crippen LogP contribution in [-0.2, 0) is 4.79 Å². The van der Waals surface area contributed by atoms with Gasteiger partial charge in [0.15, 0.2) is 0 Å². The zero-order chi connectivity index (χ0) is 13.8. The molecular formula is C12H14ClFN4O2. The molecule has 108 valence electrons. The predicted octanol–water partition coefficient (Wildman–Crippen LogP) is 1.43. The lowest BCUT2D eigenvalue weighted by Crippen LogP contribution is -2.30. The summed E-state index contributed by atoms with van der Waals surface area (Å²) in [7, 11) is 0. The van der Waals surface area contributed by atoms with Crippen molar-refractivity contribution in [2.75, 3.05) is 6.54 Å². The molecule has 8 heteroatoms. The Morgan fingerprint density at radius 1 is 1.55 bits per heavy atom. The Labute approximate surface area is 121 Å². The molecule has 1 amide bonds. The summed E-state index contributed by atoms with van der Waals surface area (Å²) in [6.45, 7) is 1.58. The molecule has 6 nitrogen and oxygen atoms in total. The molecular weight excluding hydrogens is 287 g/mol. The summed E-state index contributed by atoms with van der Waals surface area (Å²) < 4.78 is 18.1. The Morgan fingerprint density at radius 2 is 2.30 bits per heavy atom. The van der Waals surface area contributed by atoms with Gasteiger partial charge in [-0.1, -0.05) is 17.3 Å². The SMILES string of the molecule is CC(=O)NC[C@@H](N)c1nc(-c2cccc(F)c2)no1.Cl. The number of nitrogens with one attached hydrogen (secondary N) is 1. The van der Waals surface area contributed by atoms with Crippen molar-refractivity contribution in [3.8, 4) is 11.4 Å². The lowest BCUT2D eigenvalue weighted by Gasteiger charge is -2.06. The highest BCUT2D eigenvalue weighted by molar-refractivity contribution is 5.85. The first-order chi connectivity index (χ1) is 9.06. The lowest BCUT2D eigenvalue weighted by molar-refractivity contribution is -0.119. The number of carbonyl (C=O) groups excluding carboxylic acids is 1. The minimum atomic E-state index is -0.598. The zero-order valence-corrected chi connectivity index (χ0v) is 11.5. The number of carbonyl (C=O) groups is 1. The van der Waals surface area contributed by atoms with Crippen molar-refractivity contribution in [3.63, 3.8) is 0 Å². The van der Waals surface area contributed by atoms with Gasteiger partial charge in [-0.25, -0.2) is 4.39 Å². The molecule has 0 saturated heterocycles. The number of benzene rings is 1. The second-order valence-electron chi connectivity index (χ2n) is 4.01. The average molecular weight is 301 g/mol. The number of aromatic nitrogens is 2. The summed E-state index contributed by atoms with van der Waals surface area (Å²) in [5.74, 6) is -0.132. The van der Waals surface area contributed by atoms with Gasteiger partial charge in [0.2, 0.25) is 17.6 Å². The molecule has 0 spiro atoms. The first-order valence-corrected chi connectivity index (χ1v) is 5.66. The minimum absolute atomic E-state index is 0. The molecule has 1 atom stereocenters. The second-order valence-corrected chi connectivity index (χ2v) is 4.01. The van der Waals surface area contributed by atoms with Gasteiger partial charge in [0.05, 0.1) is 0 Å². The Bertz CT molecular complexity index is 590. The van der Waals surface area contributed by atoms with E-state index in [9.17, 15) is 9.18 Å². The Kier molecular flexibility index (Phi) is 5.60. The van der Waals surface area contributed by atoms with Gasteiger partial charge in [0, 0.05) is 19.0 Å². The van der Waals surface area contributed by atoms with Crippen LogP contribution >= 0.6 is 12.4 Å². The number of hydrogen-bond donors (Lipinski definition) is 2. The van der Waals surface area contributed by atoms with E-state index in [0.29, 0.717) is 5.56 Å². The Morgan fingerprint density at radius 3 is 2.95 bits per heavy atom. The van der Waals surface area contributed by atoms with Crippen LogP contribution in [0.25, 0.3) is 11.4 Å². The summed E-state index contributed by atoms with van der Waals surface area (Å²) >= 11 is 0. The van der Waals surface area contributed by atoms with Crippen molar-refractivity contribution >= 4 is 18.3 Å². The number of amides is 1. The highest BCUT2D eigenvalue weighted by Gasteiger charge is 2.16. The molecule has 1 aromatic heterocycles. The van der Waals surface area contributed by atoms with Crippen molar-refractivity contribution < 1.29 is 13.7 Å².